The van der Waals surface area contributed by atoms with E-state index in [9.17, 15) is 18.0 Å². The van der Waals surface area contributed by atoms with E-state index in [4.69, 9.17) is 5.26 Å². The minimum absolute atomic E-state index is 0.316. The summed E-state index contributed by atoms with van der Waals surface area (Å²) >= 11 is 0. The summed E-state index contributed by atoms with van der Waals surface area (Å²) in [5, 5.41) is 10.7. The summed E-state index contributed by atoms with van der Waals surface area (Å²) in [7, 11) is 0. The first-order chi connectivity index (χ1) is 8.33. The van der Waals surface area contributed by atoms with Gasteiger partial charge in [0.05, 0.1) is 18.0 Å². The Morgan fingerprint density at radius 3 is 2.83 bits per heavy atom. The van der Waals surface area contributed by atoms with E-state index >= 15 is 0 Å². The fourth-order valence-electron chi connectivity index (χ4n) is 1.99. The van der Waals surface area contributed by atoms with Crippen LogP contribution in [0.5, 0.6) is 0 Å². The molecule has 4 nitrogen and oxygen atoms in total. The number of rotatable bonds is 3. The van der Waals surface area contributed by atoms with E-state index in [1.807, 2.05) is 10.2 Å². The molecule has 0 aromatic heterocycles. The standard InChI is InChI=1S/C11H16F3N3O/c1-8(5-15)17-4-2-3-9(6-17)10(18)16-7-11(12,13)14/h8-9H,2-4,6-7H2,1H3,(H,16,18)/t8-,9+/m0/s1. The molecule has 0 aliphatic carbocycles. The molecule has 0 unspecified atom stereocenters. The van der Waals surface area contributed by atoms with Crippen molar-refractivity contribution in [3.8, 4) is 6.07 Å². The van der Waals surface area contributed by atoms with Crippen molar-refractivity contribution >= 4 is 5.91 Å². The van der Waals surface area contributed by atoms with Crippen molar-refractivity contribution in [3.63, 3.8) is 0 Å². The lowest BCUT2D eigenvalue weighted by molar-refractivity contribution is -0.141. The zero-order valence-electron chi connectivity index (χ0n) is 10.1. The van der Waals surface area contributed by atoms with Crippen LogP contribution >= 0.6 is 0 Å². The average Bonchev–Trinajstić information content (AvgIpc) is 2.34. The predicted molar refractivity (Wildman–Crippen MR) is 58.4 cm³/mol. The second-order valence-corrected chi connectivity index (χ2v) is 4.47. The molecule has 7 heteroatoms. The fourth-order valence-corrected chi connectivity index (χ4v) is 1.99. The highest BCUT2D eigenvalue weighted by Crippen LogP contribution is 2.19. The zero-order valence-corrected chi connectivity index (χ0v) is 10.1. The molecule has 1 heterocycles. The summed E-state index contributed by atoms with van der Waals surface area (Å²) in [6.45, 7) is 1.47. The summed E-state index contributed by atoms with van der Waals surface area (Å²) in [5.41, 5.74) is 0. The zero-order chi connectivity index (χ0) is 13.8. The highest BCUT2D eigenvalue weighted by molar-refractivity contribution is 5.79. The molecule has 0 radical (unpaired) electrons. The number of piperidine rings is 1. The lowest BCUT2D eigenvalue weighted by Gasteiger charge is -2.33. The van der Waals surface area contributed by atoms with E-state index < -0.39 is 24.5 Å². The minimum Gasteiger partial charge on any atom is -0.347 e. The maximum Gasteiger partial charge on any atom is 0.405 e. The average molecular weight is 263 g/mol. The van der Waals surface area contributed by atoms with Gasteiger partial charge in [-0.15, -0.1) is 0 Å². The van der Waals surface area contributed by atoms with Crippen LogP contribution in [0.4, 0.5) is 13.2 Å². The summed E-state index contributed by atoms with van der Waals surface area (Å²) in [6.07, 6.45) is -3.10. The van der Waals surface area contributed by atoms with Crippen LogP contribution in [-0.2, 0) is 4.79 Å². The van der Waals surface area contributed by atoms with Crippen molar-refractivity contribution < 1.29 is 18.0 Å². The molecule has 0 aromatic carbocycles. The van der Waals surface area contributed by atoms with Crippen LogP contribution in [0.15, 0.2) is 0 Å². The molecule has 0 saturated carbocycles. The Bertz CT molecular complexity index is 337. The Balaban J connectivity index is 2.46. The molecule has 1 fully saturated rings. The molecule has 1 amide bonds. The summed E-state index contributed by atoms with van der Waals surface area (Å²) < 4.78 is 35.9. The number of nitrogens with zero attached hydrogens (tertiary/aromatic N) is 2. The molecular weight excluding hydrogens is 247 g/mol. The molecule has 1 rings (SSSR count). The first-order valence-corrected chi connectivity index (χ1v) is 5.81. The van der Waals surface area contributed by atoms with E-state index in [1.54, 1.807) is 6.92 Å². The number of carbonyl (C=O) groups is 1. The Labute approximate surface area is 104 Å². The molecule has 18 heavy (non-hydrogen) atoms. The van der Waals surface area contributed by atoms with Gasteiger partial charge in [0.15, 0.2) is 0 Å². The largest absolute Gasteiger partial charge is 0.405 e. The highest BCUT2D eigenvalue weighted by Gasteiger charge is 2.32. The third-order valence-electron chi connectivity index (χ3n) is 3.02. The molecule has 1 aliphatic heterocycles. The number of halogens is 3. The van der Waals surface area contributed by atoms with Gasteiger partial charge >= 0.3 is 6.18 Å². The number of nitriles is 1. The number of carbonyl (C=O) groups excluding carboxylic acids is 1. The van der Waals surface area contributed by atoms with E-state index in [0.29, 0.717) is 19.5 Å². The molecule has 102 valence electrons. The molecule has 1 saturated heterocycles. The van der Waals surface area contributed by atoms with Crippen LogP contribution in [0.25, 0.3) is 0 Å². The SMILES string of the molecule is C[C@@H](C#N)N1CCC[C@@H](C(=O)NCC(F)(F)F)C1. The quantitative estimate of drug-likeness (QED) is 0.834. The number of likely N-dealkylation sites (tertiary alicyclic amines) is 1. The molecule has 1 aliphatic rings. The van der Waals surface area contributed by atoms with Crippen molar-refractivity contribution in [2.24, 2.45) is 5.92 Å². The first-order valence-electron chi connectivity index (χ1n) is 5.81. The van der Waals surface area contributed by atoms with Crippen molar-refractivity contribution in [1.29, 1.82) is 5.26 Å². The number of nitrogens with one attached hydrogen (secondary N) is 1. The highest BCUT2D eigenvalue weighted by atomic mass is 19.4. The van der Waals surface area contributed by atoms with E-state index in [2.05, 4.69) is 6.07 Å². The smallest absolute Gasteiger partial charge is 0.347 e. The van der Waals surface area contributed by atoms with Gasteiger partial charge in [-0.25, -0.2) is 0 Å². The molecule has 2 atom stereocenters. The van der Waals surface area contributed by atoms with Crippen molar-refractivity contribution in [3.05, 3.63) is 0 Å². The maximum absolute atomic E-state index is 12.0. The monoisotopic (exact) mass is 263 g/mol. The minimum atomic E-state index is -4.38. The normalized spacial score (nSPS) is 23.2. The number of hydrogen-bond acceptors (Lipinski definition) is 3. The van der Waals surface area contributed by atoms with Crippen LogP contribution in [0, 0.1) is 17.2 Å². The second-order valence-electron chi connectivity index (χ2n) is 4.47. The summed E-state index contributed by atoms with van der Waals surface area (Å²) in [5.74, 6) is -1.04. The molecule has 0 aromatic rings. The van der Waals surface area contributed by atoms with E-state index in [-0.39, 0.29) is 6.04 Å². The maximum atomic E-state index is 12.0. The molecule has 0 spiro atoms. The van der Waals surface area contributed by atoms with Gasteiger partial charge in [-0.2, -0.15) is 18.4 Å². The van der Waals surface area contributed by atoms with Crippen LogP contribution in [0.1, 0.15) is 19.8 Å². The molecule has 0 bridgehead atoms. The van der Waals surface area contributed by atoms with Crippen LogP contribution in [0.2, 0.25) is 0 Å². The Morgan fingerprint density at radius 1 is 1.61 bits per heavy atom. The fraction of sp³-hybridized carbons (Fsp3) is 0.818. The van der Waals surface area contributed by atoms with Crippen LogP contribution < -0.4 is 5.32 Å². The lowest BCUT2D eigenvalue weighted by Crippen LogP contribution is -2.47. The van der Waals surface area contributed by atoms with Gasteiger partial charge < -0.3 is 5.32 Å². The first kappa shape index (κ1) is 14.8. The Hall–Kier alpha value is -1.29. The summed E-state index contributed by atoms with van der Waals surface area (Å²) in [4.78, 5) is 13.4. The number of hydrogen-bond donors (Lipinski definition) is 1. The van der Waals surface area contributed by atoms with E-state index in [0.717, 1.165) is 6.42 Å². The van der Waals surface area contributed by atoms with Crippen LogP contribution in [-0.4, -0.2) is 42.7 Å². The molecular formula is C11H16F3N3O. The van der Waals surface area contributed by atoms with Crippen molar-refractivity contribution in [1.82, 2.24) is 10.2 Å². The number of amides is 1. The molecule has 1 N–H and O–H groups in total. The topological polar surface area (TPSA) is 56.1 Å². The number of alkyl halides is 3. The van der Waals surface area contributed by atoms with Crippen molar-refractivity contribution in [2.75, 3.05) is 19.6 Å². The van der Waals surface area contributed by atoms with Gasteiger partial charge in [0.1, 0.15) is 6.54 Å². The third kappa shape index (κ3) is 4.53. The third-order valence-corrected chi connectivity index (χ3v) is 3.02. The Kier molecular flexibility index (Phi) is 4.96. The van der Waals surface area contributed by atoms with Crippen molar-refractivity contribution in [2.45, 2.75) is 32.0 Å². The summed E-state index contributed by atoms with van der Waals surface area (Å²) in [6, 6.07) is 1.75. The lowest BCUT2D eigenvalue weighted by atomic mass is 9.96. The second kappa shape index (κ2) is 6.05. The van der Waals surface area contributed by atoms with Gasteiger partial charge in [-0.3, -0.25) is 9.69 Å². The van der Waals surface area contributed by atoms with E-state index in [1.165, 1.54) is 0 Å². The predicted octanol–water partition coefficient (Wildman–Crippen LogP) is 1.29. The Morgan fingerprint density at radius 2 is 2.28 bits per heavy atom. The van der Waals surface area contributed by atoms with Gasteiger partial charge in [0.2, 0.25) is 5.91 Å². The van der Waals surface area contributed by atoms with Crippen LogP contribution in [0.3, 0.4) is 0 Å². The van der Waals surface area contributed by atoms with Gasteiger partial charge in [-0.1, -0.05) is 0 Å². The van der Waals surface area contributed by atoms with Gasteiger partial charge in [-0.05, 0) is 26.3 Å². The van der Waals surface area contributed by atoms with Gasteiger partial charge in [0, 0.05) is 6.54 Å². The van der Waals surface area contributed by atoms with Gasteiger partial charge in [0.25, 0.3) is 0 Å².